The largest absolute Gasteiger partial charge is 0.444 e. The van der Waals surface area contributed by atoms with Gasteiger partial charge in [-0.3, -0.25) is 4.79 Å². The van der Waals surface area contributed by atoms with E-state index in [1.165, 1.54) is 0 Å². The van der Waals surface area contributed by atoms with Crippen molar-refractivity contribution in [1.29, 1.82) is 0 Å². The molecule has 1 aromatic rings. The zero-order valence-corrected chi connectivity index (χ0v) is 14.1. The number of carbonyl (C=O) groups is 2. The van der Waals surface area contributed by atoms with Gasteiger partial charge in [-0.2, -0.15) is 0 Å². The summed E-state index contributed by atoms with van der Waals surface area (Å²) >= 11 is 3.45. The van der Waals surface area contributed by atoms with Gasteiger partial charge >= 0.3 is 6.09 Å². The minimum Gasteiger partial charge on any atom is -0.444 e. The highest BCUT2D eigenvalue weighted by molar-refractivity contribution is 9.10. The van der Waals surface area contributed by atoms with Gasteiger partial charge in [-0.15, -0.1) is 0 Å². The lowest BCUT2D eigenvalue weighted by atomic mass is 10.1. The first-order valence-corrected chi connectivity index (χ1v) is 7.54. The van der Waals surface area contributed by atoms with Crippen LogP contribution < -0.4 is 10.6 Å². The third-order valence-corrected chi connectivity index (χ3v) is 3.24. The molecule has 0 aliphatic carbocycles. The van der Waals surface area contributed by atoms with Crippen LogP contribution in [0.3, 0.4) is 0 Å². The smallest absolute Gasteiger partial charge is 0.408 e. The van der Waals surface area contributed by atoms with Crippen LogP contribution >= 0.6 is 15.9 Å². The molecule has 116 valence electrons. The molecular weight excluding hydrogens is 336 g/mol. The monoisotopic (exact) mass is 356 g/mol. The standard InChI is InChI=1S/C15H21BrN2O3/c1-15(2,3)21-14(20)18-10-13(19)17-9-8-11-6-4-5-7-12(11)16/h4-7H,8-10H2,1-3H3,(H,17,19)(H,18,20). The first-order valence-electron chi connectivity index (χ1n) is 6.75. The molecule has 0 heterocycles. The van der Waals surface area contributed by atoms with E-state index in [1.807, 2.05) is 24.3 Å². The Kier molecular flexibility index (Phi) is 6.68. The van der Waals surface area contributed by atoms with Crippen LogP contribution in [0.15, 0.2) is 28.7 Å². The van der Waals surface area contributed by atoms with Crippen LogP contribution in [0, 0.1) is 0 Å². The van der Waals surface area contributed by atoms with Gasteiger partial charge in [0.15, 0.2) is 0 Å². The number of carbonyl (C=O) groups excluding carboxylic acids is 2. The van der Waals surface area contributed by atoms with Crippen LogP contribution in [-0.2, 0) is 16.0 Å². The van der Waals surface area contributed by atoms with Gasteiger partial charge in [0.1, 0.15) is 5.60 Å². The van der Waals surface area contributed by atoms with E-state index in [4.69, 9.17) is 4.74 Å². The van der Waals surface area contributed by atoms with E-state index in [2.05, 4.69) is 26.6 Å². The Morgan fingerprint density at radius 2 is 1.86 bits per heavy atom. The molecule has 2 amide bonds. The lowest BCUT2D eigenvalue weighted by Gasteiger charge is -2.19. The molecule has 0 radical (unpaired) electrons. The number of amides is 2. The van der Waals surface area contributed by atoms with Gasteiger partial charge in [0, 0.05) is 11.0 Å². The summed E-state index contributed by atoms with van der Waals surface area (Å²) < 4.78 is 6.06. The zero-order valence-electron chi connectivity index (χ0n) is 12.5. The summed E-state index contributed by atoms with van der Waals surface area (Å²) in [6.07, 6.45) is 0.128. The lowest BCUT2D eigenvalue weighted by molar-refractivity contribution is -0.120. The van der Waals surface area contributed by atoms with E-state index >= 15 is 0 Å². The van der Waals surface area contributed by atoms with Crippen molar-refractivity contribution in [1.82, 2.24) is 10.6 Å². The second-order valence-electron chi connectivity index (χ2n) is 5.55. The highest BCUT2D eigenvalue weighted by atomic mass is 79.9. The van der Waals surface area contributed by atoms with Crippen LogP contribution in [0.2, 0.25) is 0 Å². The first kappa shape index (κ1) is 17.5. The molecule has 5 nitrogen and oxygen atoms in total. The summed E-state index contributed by atoms with van der Waals surface area (Å²) in [4.78, 5) is 23.0. The number of alkyl carbamates (subject to hydrolysis) is 1. The van der Waals surface area contributed by atoms with Crippen molar-refractivity contribution >= 4 is 27.9 Å². The Morgan fingerprint density at radius 3 is 2.48 bits per heavy atom. The molecule has 0 spiro atoms. The molecule has 0 aliphatic rings. The molecule has 6 heteroatoms. The summed E-state index contributed by atoms with van der Waals surface area (Å²) in [6, 6.07) is 7.85. The molecule has 0 fully saturated rings. The van der Waals surface area contributed by atoms with Crippen LogP contribution in [0.1, 0.15) is 26.3 Å². The molecule has 0 bridgehead atoms. The highest BCUT2D eigenvalue weighted by Crippen LogP contribution is 2.15. The maximum atomic E-state index is 11.6. The molecule has 1 aromatic carbocycles. The van der Waals surface area contributed by atoms with Crippen molar-refractivity contribution in [2.24, 2.45) is 0 Å². The van der Waals surface area contributed by atoms with Crippen LogP contribution in [-0.4, -0.2) is 30.7 Å². The number of ether oxygens (including phenoxy) is 1. The van der Waals surface area contributed by atoms with E-state index in [0.717, 1.165) is 16.5 Å². The average molecular weight is 357 g/mol. The predicted molar refractivity (Wildman–Crippen MR) is 85.1 cm³/mol. The van der Waals surface area contributed by atoms with Gasteiger partial charge in [0.25, 0.3) is 0 Å². The molecule has 0 unspecified atom stereocenters. The summed E-state index contributed by atoms with van der Waals surface area (Å²) in [6.45, 7) is 5.72. The topological polar surface area (TPSA) is 67.4 Å². The van der Waals surface area contributed by atoms with Crippen LogP contribution in [0.4, 0.5) is 4.79 Å². The fourth-order valence-electron chi connectivity index (χ4n) is 1.57. The average Bonchev–Trinajstić information content (AvgIpc) is 2.37. The summed E-state index contributed by atoms with van der Waals surface area (Å²) in [5.74, 6) is -0.243. The molecule has 2 N–H and O–H groups in total. The van der Waals surface area contributed by atoms with Gasteiger partial charge in [-0.05, 0) is 38.8 Å². The molecule has 21 heavy (non-hydrogen) atoms. The third-order valence-electron chi connectivity index (χ3n) is 2.47. The van der Waals surface area contributed by atoms with E-state index < -0.39 is 11.7 Å². The number of rotatable bonds is 5. The van der Waals surface area contributed by atoms with Crippen molar-refractivity contribution in [2.45, 2.75) is 32.8 Å². The Hall–Kier alpha value is -1.56. The van der Waals surface area contributed by atoms with Gasteiger partial charge in [0.2, 0.25) is 5.91 Å². The molecule has 0 aliphatic heterocycles. The normalized spacial score (nSPS) is 10.9. The highest BCUT2D eigenvalue weighted by Gasteiger charge is 2.16. The van der Waals surface area contributed by atoms with Crippen molar-refractivity contribution in [3.63, 3.8) is 0 Å². The minimum atomic E-state index is -0.594. The van der Waals surface area contributed by atoms with Gasteiger partial charge in [-0.1, -0.05) is 34.1 Å². The van der Waals surface area contributed by atoms with Crippen molar-refractivity contribution in [2.75, 3.05) is 13.1 Å². The molecule has 0 saturated heterocycles. The number of halogens is 1. The second-order valence-corrected chi connectivity index (χ2v) is 6.40. The van der Waals surface area contributed by atoms with Crippen molar-refractivity contribution in [3.05, 3.63) is 34.3 Å². The Bertz CT molecular complexity index is 498. The fourth-order valence-corrected chi connectivity index (χ4v) is 2.05. The third kappa shape index (κ3) is 7.70. The number of hydrogen-bond donors (Lipinski definition) is 2. The maximum Gasteiger partial charge on any atom is 0.408 e. The Balaban J connectivity index is 2.23. The van der Waals surface area contributed by atoms with E-state index in [1.54, 1.807) is 20.8 Å². The zero-order chi connectivity index (χ0) is 15.9. The quantitative estimate of drug-likeness (QED) is 0.851. The summed E-state index contributed by atoms with van der Waals surface area (Å²) in [5.41, 5.74) is 0.554. The van der Waals surface area contributed by atoms with Gasteiger partial charge in [0.05, 0.1) is 6.54 Å². The Morgan fingerprint density at radius 1 is 1.19 bits per heavy atom. The molecule has 1 rings (SSSR count). The molecule has 0 aromatic heterocycles. The molecule has 0 saturated carbocycles. The van der Waals surface area contributed by atoms with E-state index in [-0.39, 0.29) is 12.5 Å². The summed E-state index contributed by atoms with van der Waals surface area (Å²) in [7, 11) is 0. The van der Waals surface area contributed by atoms with Crippen LogP contribution in [0.5, 0.6) is 0 Å². The Labute approximate surface area is 133 Å². The van der Waals surface area contributed by atoms with Gasteiger partial charge < -0.3 is 15.4 Å². The van der Waals surface area contributed by atoms with E-state index in [0.29, 0.717) is 6.54 Å². The second kappa shape index (κ2) is 8.02. The molecule has 0 atom stereocenters. The van der Waals surface area contributed by atoms with Crippen LogP contribution in [0.25, 0.3) is 0 Å². The number of hydrogen-bond acceptors (Lipinski definition) is 3. The number of nitrogens with one attached hydrogen (secondary N) is 2. The molecular formula is C15H21BrN2O3. The van der Waals surface area contributed by atoms with Gasteiger partial charge in [-0.25, -0.2) is 4.79 Å². The SMILES string of the molecule is CC(C)(C)OC(=O)NCC(=O)NCCc1ccccc1Br. The number of benzene rings is 1. The lowest BCUT2D eigenvalue weighted by Crippen LogP contribution is -2.40. The minimum absolute atomic E-state index is 0.0924. The predicted octanol–water partition coefficient (Wildman–Crippen LogP) is 2.63. The van der Waals surface area contributed by atoms with Crippen molar-refractivity contribution < 1.29 is 14.3 Å². The fraction of sp³-hybridized carbons (Fsp3) is 0.467. The summed E-state index contributed by atoms with van der Waals surface area (Å²) in [5, 5.41) is 5.16. The first-order chi connectivity index (χ1) is 9.78. The van der Waals surface area contributed by atoms with Crippen molar-refractivity contribution in [3.8, 4) is 0 Å². The maximum absolute atomic E-state index is 11.6. The van der Waals surface area contributed by atoms with E-state index in [9.17, 15) is 9.59 Å².